The molecule has 0 amide bonds. The van der Waals surface area contributed by atoms with Gasteiger partial charge in [-0.1, -0.05) is 140 Å². The van der Waals surface area contributed by atoms with Gasteiger partial charge < -0.3 is 8.98 Å². The van der Waals surface area contributed by atoms with Crippen molar-refractivity contribution in [2.24, 2.45) is 0 Å². The molecule has 5 heteroatoms. The number of aromatic nitrogens is 4. The molecule has 0 aliphatic heterocycles. The van der Waals surface area contributed by atoms with Crippen molar-refractivity contribution < 1.29 is 4.42 Å². The Morgan fingerprint density at radius 2 is 0.982 bits per heavy atom. The van der Waals surface area contributed by atoms with E-state index in [2.05, 4.69) is 144 Å². The van der Waals surface area contributed by atoms with E-state index in [0.717, 1.165) is 71.5 Å². The molecule has 9 aromatic carbocycles. The van der Waals surface area contributed by atoms with E-state index < -0.39 is 0 Å². The molecule has 0 fully saturated rings. The Balaban J connectivity index is 1.17. The number of furan rings is 1. The SMILES string of the molecule is c1ccc(-c2nc(-c3cc4ccccc4c4ccccc34)nc(-c3ccc(-n4c5ccccc5c5cc6ccccc6cc54)c4c3oc3ccccc34)n2)cc1. The molecule has 3 aromatic heterocycles. The van der Waals surface area contributed by atoms with Crippen molar-refractivity contribution in [2.75, 3.05) is 0 Å². The van der Waals surface area contributed by atoms with Crippen LogP contribution < -0.4 is 0 Å². The second kappa shape index (κ2) is 11.9. The lowest BCUT2D eigenvalue weighted by molar-refractivity contribution is 0.669. The fraction of sp³-hybridized carbons (Fsp3) is 0. The molecule has 3 heterocycles. The Bertz CT molecular complexity index is 3540. The largest absolute Gasteiger partial charge is 0.455 e. The van der Waals surface area contributed by atoms with Gasteiger partial charge in [-0.05, 0) is 74.8 Å². The van der Waals surface area contributed by atoms with Crippen LogP contribution in [0.5, 0.6) is 0 Å². The molecule has 0 unspecified atom stereocenters. The first-order valence-electron chi connectivity index (χ1n) is 18.9. The van der Waals surface area contributed by atoms with Crippen molar-refractivity contribution in [1.82, 2.24) is 19.5 Å². The lowest BCUT2D eigenvalue weighted by Crippen LogP contribution is -2.02. The lowest BCUT2D eigenvalue weighted by Gasteiger charge is -2.14. The van der Waals surface area contributed by atoms with E-state index in [9.17, 15) is 0 Å². The number of benzene rings is 9. The molecule has 12 aromatic rings. The lowest BCUT2D eigenvalue weighted by atomic mass is 9.97. The van der Waals surface area contributed by atoms with Crippen LogP contribution in [0.3, 0.4) is 0 Å². The van der Waals surface area contributed by atoms with E-state index >= 15 is 0 Å². The van der Waals surface area contributed by atoms with Crippen LogP contribution in [0, 0.1) is 0 Å². The van der Waals surface area contributed by atoms with Gasteiger partial charge in [-0.3, -0.25) is 0 Å². The van der Waals surface area contributed by atoms with Gasteiger partial charge in [-0.15, -0.1) is 0 Å². The average Bonchev–Trinajstić information content (AvgIpc) is 3.81. The van der Waals surface area contributed by atoms with E-state index in [4.69, 9.17) is 19.4 Å². The van der Waals surface area contributed by atoms with E-state index in [1.807, 2.05) is 42.5 Å². The molecular weight excluding hydrogens is 685 g/mol. The third-order valence-electron chi connectivity index (χ3n) is 11.2. The highest BCUT2D eigenvalue weighted by Gasteiger charge is 2.23. The second-order valence-electron chi connectivity index (χ2n) is 14.4. The first-order valence-corrected chi connectivity index (χ1v) is 18.9. The Morgan fingerprint density at radius 1 is 0.375 bits per heavy atom. The molecule has 5 nitrogen and oxygen atoms in total. The van der Waals surface area contributed by atoms with E-state index in [1.54, 1.807) is 0 Å². The van der Waals surface area contributed by atoms with Crippen LogP contribution in [0.4, 0.5) is 0 Å². The van der Waals surface area contributed by atoms with E-state index in [0.29, 0.717) is 17.5 Å². The zero-order chi connectivity index (χ0) is 36.7. The summed E-state index contributed by atoms with van der Waals surface area (Å²) in [6.07, 6.45) is 0. The van der Waals surface area contributed by atoms with Crippen LogP contribution in [-0.4, -0.2) is 19.5 Å². The van der Waals surface area contributed by atoms with E-state index in [1.165, 1.54) is 26.9 Å². The van der Waals surface area contributed by atoms with Gasteiger partial charge in [0.2, 0.25) is 0 Å². The molecule has 0 aliphatic rings. The molecule has 0 bridgehead atoms. The third kappa shape index (κ3) is 4.58. The predicted octanol–water partition coefficient (Wildman–Crippen LogP) is 13.3. The standard InChI is InChI=1S/C51H30N4O/c1-2-14-31(15-3-1)49-52-50(54-51(53-49)42-29-34-18-6-7-19-35(34)36-20-8-9-21-37(36)42)40-26-27-44(47-39-23-11-13-25-46(39)56-48(40)47)55-43-24-12-10-22-38(43)41-28-32-16-4-5-17-33(32)30-45(41)55/h1-30H. The van der Waals surface area contributed by atoms with Gasteiger partial charge in [0.25, 0.3) is 0 Å². The van der Waals surface area contributed by atoms with Crippen molar-refractivity contribution in [3.63, 3.8) is 0 Å². The fourth-order valence-electron chi connectivity index (χ4n) is 8.66. The van der Waals surface area contributed by atoms with Gasteiger partial charge in [-0.2, -0.15) is 0 Å². The predicted molar refractivity (Wildman–Crippen MR) is 230 cm³/mol. The highest BCUT2D eigenvalue weighted by molar-refractivity contribution is 6.18. The number of hydrogen-bond acceptors (Lipinski definition) is 4. The molecule has 0 saturated heterocycles. The molecule has 0 radical (unpaired) electrons. The quantitative estimate of drug-likeness (QED) is 0.170. The zero-order valence-corrected chi connectivity index (χ0v) is 30.0. The summed E-state index contributed by atoms with van der Waals surface area (Å²) >= 11 is 0. The average molecular weight is 715 g/mol. The normalized spacial score (nSPS) is 11.9. The summed E-state index contributed by atoms with van der Waals surface area (Å²) in [5, 5.41) is 11.4. The Hall–Kier alpha value is -7.63. The molecule has 0 atom stereocenters. The molecule has 260 valence electrons. The maximum absolute atomic E-state index is 6.88. The van der Waals surface area contributed by atoms with Gasteiger partial charge in [0.15, 0.2) is 17.5 Å². The van der Waals surface area contributed by atoms with Crippen molar-refractivity contribution in [2.45, 2.75) is 0 Å². The summed E-state index contributed by atoms with van der Waals surface area (Å²) in [6.45, 7) is 0. The van der Waals surface area contributed by atoms with Crippen LogP contribution in [0.1, 0.15) is 0 Å². The van der Waals surface area contributed by atoms with Crippen molar-refractivity contribution in [1.29, 1.82) is 0 Å². The van der Waals surface area contributed by atoms with Gasteiger partial charge in [-0.25, -0.2) is 15.0 Å². The first-order chi connectivity index (χ1) is 27.8. The van der Waals surface area contributed by atoms with Crippen LogP contribution in [0.2, 0.25) is 0 Å². The number of fused-ring (bicyclic) bond motifs is 10. The molecule has 0 saturated carbocycles. The van der Waals surface area contributed by atoms with Crippen molar-refractivity contribution >= 4 is 76.1 Å². The van der Waals surface area contributed by atoms with Crippen LogP contribution >= 0.6 is 0 Å². The molecule has 56 heavy (non-hydrogen) atoms. The highest BCUT2D eigenvalue weighted by Crippen LogP contribution is 2.43. The highest BCUT2D eigenvalue weighted by atomic mass is 16.3. The minimum absolute atomic E-state index is 0.551. The number of hydrogen-bond donors (Lipinski definition) is 0. The topological polar surface area (TPSA) is 56.7 Å². The van der Waals surface area contributed by atoms with Crippen LogP contribution in [-0.2, 0) is 0 Å². The fourth-order valence-corrected chi connectivity index (χ4v) is 8.66. The molecular formula is C51H30N4O. The van der Waals surface area contributed by atoms with Gasteiger partial charge >= 0.3 is 0 Å². The van der Waals surface area contributed by atoms with Gasteiger partial charge in [0.05, 0.1) is 27.7 Å². The Morgan fingerprint density at radius 3 is 1.80 bits per heavy atom. The maximum atomic E-state index is 6.88. The number of para-hydroxylation sites is 2. The molecule has 0 spiro atoms. The van der Waals surface area contributed by atoms with Gasteiger partial charge in [0.1, 0.15) is 11.2 Å². The first kappa shape index (κ1) is 30.8. The number of rotatable bonds is 4. The van der Waals surface area contributed by atoms with Crippen molar-refractivity contribution in [3.8, 4) is 39.9 Å². The summed E-state index contributed by atoms with van der Waals surface area (Å²) < 4.78 is 9.27. The van der Waals surface area contributed by atoms with Gasteiger partial charge in [0, 0.05) is 27.3 Å². The molecule has 12 rings (SSSR count). The summed E-state index contributed by atoms with van der Waals surface area (Å²) in [4.78, 5) is 15.7. The summed E-state index contributed by atoms with van der Waals surface area (Å²) in [5.41, 5.74) is 7.52. The number of nitrogens with zero attached hydrogens (tertiary/aromatic N) is 4. The summed E-state index contributed by atoms with van der Waals surface area (Å²) in [5.74, 6) is 1.76. The molecule has 0 aliphatic carbocycles. The Labute approximate surface area is 320 Å². The van der Waals surface area contributed by atoms with Crippen molar-refractivity contribution in [3.05, 3.63) is 182 Å². The second-order valence-corrected chi connectivity index (χ2v) is 14.4. The minimum atomic E-state index is 0.551. The summed E-state index contributed by atoms with van der Waals surface area (Å²) in [6, 6.07) is 63.8. The monoisotopic (exact) mass is 714 g/mol. The molecule has 0 N–H and O–H groups in total. The minimum Gasteiger partial charge on any atom is -0.455 e. The smallest absolute Gasteiger partial charge is 0.167 e. The Kier molecular flexibility index (Phi) is 6.56. The summed E-state index contributed by atoms with van der Waals surface area (Å²) in [7, 11) is 0. The zero-order valence-electron chi connectivity index (χ0n) is 30.0. The third-order valence-corrected chi connectivity index (χ3v) is 11.2. The van der Waals surface area contributed by atoms with E-state index in [-0.39, 0.29) is 0 Å². The van der Waals surface area contributed by atoms with Crippen LogP contribution in [0.25, 0.3) is 116 Å². The maximum Gasteiger partial charge on any atom is 0.167 e. The van der Waals surface area contributed by atoms with Crippen LogP contribution in [0.15, 0.2) is 186 Å².